The SMILES string of the molecule is C=C1C(CC(=O)OC)CCC1CC(=O)OC(C)(C)C. The second-order valence-electron chi connectivity index (χ2n) is 6.12. The number of methoxy groups -OCH3 is 1. The minimum absolute atomic E-state index is 0.129. The van der Waals surface area contributed by atoms with Crippen LogP contribution in [-0.4, -0.2) is 24.6 Å². The second-order valence-corrected chi connectivity index (χ2v) is 6.12. The van der Waals surface area contributed by atoms with Gasteiger partial charge in [0.15, 0.2) is 0 Å². The van der Waals surface area contributed by atoms with Crippen molar-refractivity contribution in [2.75, 3.05) is 7.11 Å². The standard InChI is InChI=1S/C15H24O4/c1-10-11(8-13(16)18-5)6-7-12(10)9-14(17)19-15(2,3)4/h11-12H,1,6-9H2,2-5H3. The lowest BCUT2D eigenvalue weighted by molar-refractivity contribution is -0.155. The van der Waals surface area contributed by atoms with Crippen molar-refractivity contribution in [2.45, 2.75) is 52.1 Å². The maximum Gasteiger partial charge on any atom is 0.306 e. The van der Waals surface area contributed by atoms with Crippen LogP contribution in [-0.2, 0) is 19.1 Å². The topological polar surface area (TPSA) is 52.6 Å². The number of carbonyl (C=O) groups is 2. The third-order valence-electron chi connectivity index (χ3n) is 3.39. The molecule has 4 heteroatoms. The minimum Gasteiger partial charge on any atom is -0.469 e. The third kappa shape index (κ3) is 5.05. The average molecular weight is 268 g/mol. The van der Waals surface area contributed by atoms with E-state index >= 15 is 0 Å². The van der Waals surface area contributed by atoms with Crippen LogP contribution in [0.1, 0.15) is 46.5 Å². The van der Waals surface area contributed by atoms with Crippen LogP contribution in [0.4, 0.5) is 0 Å². The summed E-state index contributed by atoms with van der Waals surface area (Å²) in [5, 5.41) is 0. The van der Waals surface area contributed by atoms with Gasteiger partial charge in [-0.05, 0) is 45.4 Å². The molecule has 0 aliphatic heterocycles. The molecule has 0 aromatic carbocycles. The quantitative estimate of drug-likeness (QED) is 0.581. The molecule has 1 saturated carbocycles. The van der Waals surface area contributed by atoms with Crippen LogP contribution in [0.2, 0.25) is 0 Å². The van der Waals surface area contributed by atoms with Gasteiger partial charge in [-0.3, -0.25) is 9.59 Å². The van der Waals surface area contributed by atoms with Gasteiger partial charge >= 0.3 is 11.9 Å². The van der Waals surface area contributed by atoms with Gasteiger partial charge in [-0.2, -0.15) is 0 Å². The summed E-state index contributed by atoms with van der Waals surface area (Å²) in [6.07, 6.45) is 2.50. The second kappa shape index (κ2) is 6.22. The van der Waals surface area contributed by atoms with Crippen molar-refractivity contribution in [3.8, 4) is 0 Å². The first-order valence-electron chi connectivity index (χ1n) is 6.70. The van der Waals surface area contributed by atoms with E-state index in [0.29, 0.717) is 12.8 Å². The molecule has 2 unspecified atom stereocenters. The van der Waals surface area contributed by atoms with E-state index in [9.17, 15) is 9.59 Å². The molecule has 4 nitrogen and oxygen atoms in total. The molecule has 0 heterocycles. The number of hydrogen-bond donors (Lipinski definition) is 0. The molecule has 0 aromatic heterocycles. The molecule has 1 fully saturated rings. The first kappa shape index (κ1) is 15.7. The highest BCUT2D eigenvalue weighted by Gasteiger charge is 2.32. The zero-order chi connectivity index (χ0) is 14.6. The van der Waals surface area contributed by atoms with Crippen LogP contribution in [0.3, 0.4) is 0 Å². The van der Waals surface area contributed by atoms with E-state index in [4.69, 9.17) is 4.74 Å². The molecule has 1 aliphatic rings. The zero-order valence-corrected chi connectivity index (χ0v) is 12.3. The zero-order valence-electron chi connectivity index (χ0n) is 12.3. The molecule has 0 aromatic rings. The fraction of sp³-hybridized carbons (Fsp3) is 0.733. The van der Waals surface area contributed by atoms with Gasteiger partial charge in [-0.1, -0.05) is 12.2 Å². The summed E-state index contributed by atoms with van der Waals surface area (Å²) in [5.41, 5.74) is 0.527. The van der Waals surface area contributed by atoms with Gasteiger partial charge in [0.1, 0.15) is 5.60 Å². The summed E-state index contributed by atoms with van der Waals surface area (Å²) in [5.74, 6) is -0.147. The van der Waals surface area contributed by atoms with Crippen molar-refractivity contribution in [2.24, 2.45) is 11.8 Å². The predicted molar refractivity (Wildman–Crippen MR) is 72.4 cm³/mol. The molecule has 0 bridgehead atoms. The van der Waals surface area contributed by atoms with Crippen molar-refractivity contribution < 1.29 is 19.1 Å². The van der Waals surface area contributed by atoms with Crippen molar-refractivity contribution in [3.05, 3.63) is 12.2 Å². The van der Waals surface area contributed by atoms with Crippen molar-refractivity contribution >= 4 is 11.9 Å². The average Bonchev–Trinajstić information content (AvgIpc) is 2.59. The Morgan fingerprint density at radius 3 is 2.05 bits per heavy atom. The molecule has 1 aliphatic carbocycles. The smallest absolute Gasteiger partial charge is 0.306 e. The Morgan fingerprint density at radius 2 is 1.63 bits per heavy atom. The van der Waals surface area contributed by atoms with Crippen LogP contribution in [0, 0.1) is 11.8 Å². The van der Waals surface area contributed by atoms with Crippen LogP contribution in [0.25, 0.3) is 0 Å². The van der Waals surface area contributed by atoms with Gasteiger partial charge in [0.25, 0.3) is 0 Å². The maximum absolute atomic E-state index is 11.8. The molecular weight excluding hydrogens is 244 g/mol. The van der Waals surface area contributed by atoms with E-state index in [1.165, 1.54) is 7.11 Å². The van der Waals surface area contributed by atoms with E-state index in [1.807, 2.05) is 20.8 Å². The molecule has 19 heavy (non-hydrogen) atoms. The lowest BCUT2D eigenvalue weighted by atomic mass is 9.94. The van der Waals surface area contributed by atoms with Crippen LogP contribution >= 0.6 is 0 Å². The third-order valence-corrected chi connectivity index (χ3v) is 3.39. The number of ether oxygens (including phenoxy) is 2. The van der Waals surface area contributed by atoms with Gasteiger partial charge in [-0.25, -0.2) is 0 Å². The van der Waals surface area contributed by atoms with E-state index in [2.05, 4.69) is 11.3 Å². The van der Waals surface area contributed by atoms with Gasteiger partial charge in [0.05, 0.1) is 20.0 Å². The van der Waals surface area contributed by atoms with Crippen LogP contribution < -0.4 is 0 Å². The Morgan fingerprint density at radius 1 is 1.16 bits per heavy atom. The Hall–Kier alpha value is -1.32. The van der Waals surface area contributed by atoms with Crippen LogP contribution in [0.15, 0.2) is 12.2 Å². The minimum atomic E-state index is -0.456. The Bertz CT molecular complexity index is 365. The summed E-state index contributed by atoms with van der Waals surface area (Å²) >= 11 is 0. The molecule has 0 radical (unpaired) electrons. The number of allylic oxidation sites excluding steroid dienone is 1. The van der Waals surface area contributed by atoms with Gasteiger partial charge in [-0.15, -0.1) is 0 Å². The molecule has 0 amide bonds. The Kier molecular flexibility index (Phi) is 5.15. The molecule has 108 valence electrons. The van der Waals surface area contributed by atoms with Crippen molar-refractivity contribution in [3.63, 3.8) is 0 Å². The van der Waals surface area contributed by atoms with Crippen LogP contribution in [0.5, 0.6) is 0 Å². The van der Waals surface area contributed by atoms with Gasteiger partial charge in [0, 0.05) is 0 Å². The number of esters is 2. The molecule has 0 saturated heterocycles. The Labute approximate surface area is 115 Å². The Balaban J connectivity index is 2.47. The number of hydrogen-bond acceptors (Lipinski definition) is 4. The van der Waals surface area contributed by atoms with Crippen molar-refractivity contribution in [1.82, 2.24) is 0 Å². The van der Waals surface area contributed by atoms with E-state index in [1.54, 1.807) is 0 Å². The lowest BCUT2D eigenvalue weighted by Crippen LogP contribution is -2.25. The normalized spacial score (nSPS) is 23.3. The highest BCUT2D eigenvalue weighted by atomic mass is 16.6. The summed E-state index contributed by atoms with van der Waals surface area (Å²) in [7, 11) is 1.39. The monoisotopic (exact) mass is 268 g/mol. The molecular formula is C15H24O4. The molecule has 0 N–H and O–H groups in total. The summed E-state index contributed by atoms with van der Waals surface area (Å²) in [4.78, 5) is 23.1. The fourth-order valence-electron chi connectivity index (χ4n) is 2.44. The number of carbonyl (C=O) groups excluding carboxylic acids is 2. The first-order valence-corrected chi connectivity index (χ1v) is 6.70. The fourth-order valence-corrected chi connectivity index (χ4v) is 2.44. The van der Waals surface area contributed by atoms with E-state index in [-0.39, 0.29) is 23.8 Å². The molecule has 0 spiro atoms. The van der Waals surface area contributed by atoms with Gasteiger partial charge < -0.3 is 9.47 Å². The lowest BCUT2D eigenvalue weighted by Gasteiger charge is -2.21. The maximum atomic E-state index is 11.8. The largest absolute Gasteiger partial charge is 0.469 e. The summed E-state index contributed by atoms with van der Waals surface area (Å²) in [6, 6.07) is 0. The summed E-state index contributed by atoms with van der Waals surface area (Å²) in [6.45, 7) is 9.61. The van der Waals surface area contributed by atoms with Gasteiger partial charge in [0.2, 0.25) is 0 Å². The molecule has 2 atom stereocenters. The first-order chi connectivity index (χ1) is 8.73. The highest BCUT2D eigenvalue weighted by Crippen LogP contribution is 2.39. The summed E-state index contributed by atoms with van der Waals surface area (Å²) < 4.78 is 9.98. The molecule has 1 rings (SSSR count). The van der Waals surface area contributed by atoms with E-state index in [0.717, 1.165) is 18.4 Å². The van der Waals surface area contributed by atoms with Crippen molar-refractivity contribution in [1.29, 1.82) is 0 Å². The van der Waals surface area contributed by atoms with E-state index < -0.39 is 5.60 Å². The number of rotatable bonds is 4. The predicted octanol–water partition coefficient (Wildman–Crippen LogP) is 2.86. The highest BCUT2D eigenvalue weighted by molar-refractivity contribution is 5.72.